The van der Waals surface area contributed by atoms with Crippen LogP contribution in [-0.4, -0.2) is 32.3 Å². The molecule has 0 amide bonds. The van der Waals surface area contributed by atoms with E-state index in [-0.39, 0.29) is 0 Å². The van der Waals surface area contributed by atoms with Crippen molar-refractivity contribution in [2.45, 2.75) is 38.8 Å². The minimum absolute atomic E-state index is 0.715. The molecule has 4 aromatic carbocycles. The summed E-state index contributed by atoms with van der Waals surface area (Å²) in [4.78, 5) is 0. The molecule has 0 unspecified atom stereocenters. The Labute approximate surface area is 230 Å². The Kier molecular flexibility index (Phi) is 11.4. The quantitative estimate of drug-likeness (QED) is 0.164. The van der Waals surface area contributed by atoms with Gasteiger partial charge in [0.2, 0.25) is 0 Å². The third-order valence-electron chi connectivity index (χ3n) is 6.36. The fourth-order valence-corrected chi connectivity index (χ4v) is 4.53. The molecule has 0 atom stereocenters. The van der Waals surface area contributed by atoms with Crippen molar-refractivity contribution in [1.29, 1.82) is 10.5 Å². The Bertz CT molecular complexity index is 1470. The average Bonchev–Trinajstić information content (AvgIpc) is 2.93. The summed E-state index contributed by atoms with van der Waals surface area (Å²) in [6.45, 7) is 3.65. The van der Waals surface area contributed by atoms with Crippen molar-refractivity contribution in [3.8, 4) is 12.1 Å². The van der Waals surface area contributed by atoms with Crippen LogP contribution in [0.3, 0.4) is 0 Å². The molecule has 4 aromatic rings. The molecule has 7 nitrogen and oxygen atoms in total. The van der Waals surface area contributed by atoms with Crippen molar-refractivity contribution in [2.24, 2.45) is 0 Å². The Morgan fingerprint density at radius 2 is 1.00 bits per heavy atom. The highest BCUT2D eigenvalue weighted by molar-refractivity contribution is 7.85. The van der Waals surface area contributed by atoms with Gasteiger partial charge in [-0.1, -0.05) is 73.5 Å². The maximum atomic E-state index is 9.32. The SMILES string of the molecule is CS(=O)(=O)O.N#Cc1ccc(CNCCCCCCNCc2ccc(C#N)c3ccccc23)c2ccccc12. The van der Waals surface area contributed by atoms with Gasteiger partial charge in [0.05, 0.1) is 29.5 Å². The number of hydrogen-bond donors (Lipinski definition) is 3. The molecule has 0 aromatic heterocycles. The minimum atomic E-state index is -3.67. The molecule has 0 aliphatic heterocycles. The van der Waals surface area contributed by atoms with Crippen molar-refractivity contribution in [1.82, 2.24) is 10.6 Å². The second kappa shape index (κ2) is 15.0. The largest absolute Gasteiger partial charge is 0.313 e. The Morgan fingerprint density at radius 3 is 1.36 bits per heavy atom. The van der Waals surface area contributed by atoms with E-state index in [4.69, 9.17) is 4.55 Å². The summed E-state index contributed by atoms with van der Waals surface area (Å²) in [7, 11) is -3.67. The van der Waals surface area contributed by atoms with E-state index < -0.39 is 10.1 Å². The van der Waals surface area contributed by atoms with Gasteiger partial charge in [0.1, 0.15) is 0 Å². The fourth-order valence-electron chi connectivity index (χ4n) is 4.53. The number of benzene rings is 4. The molecule has 0 aliphatic rings. The van der Waals surface area contributed by atoms with Crippen LogP contribution in [0, 0.1) is 22.7 Å². The van der Waals surface area contributed by atoms with Crippen LogP contribution in [0.2, 0.25) is 0 Å². The zero-order valence-corrected chi connectivity index (χ0v) is 23.0. The first-order chi connectivity index (χ1) is 18.8. The van der Waals surface area contributed by atoms with Gasteiger partial charge >= 0.3 is 0 Å². The summed E-state index contributed by atoms with van der Waals surface area (Å²) in [5.41, 5.74) is 3.96. The lowest BCUT2D eigenvalue weighted by molar-refractivity contribution is 0.490. The van der Waals surface area contributed by atoms with Crippen LogP contribution >= 0.6 is 0 Å². The van der Waals surface area contributed by atoms with Gasteiger partial charge in [0.15, 0.2) is 0 Å². The molecule has 0 radical (unpaired) electrons. The Balaban J connectivity index is 0.000000771. The van der Waals surface area contributed by atoms with Crippen molar-refractivity contribution < 1.29 is 13.0 Å². The van der Waals surface area contributed by atoms with Gasteiger partial charge in [-0.2, -0.15) is 18.9 Å². The topological polar surface area (TPSA) is 126 Å². The molecular weight excluding hydrogens is 508 g/mol. The summed E-state index contributed by atoms with van der Waals surface area (Å²) in [5, 5.41) is 30.1. The molecule has 0 fully saturated rings. The predicted octanol–water partition coefficient (Wildman–Crippen LogP) is 5.68. The van der Waals surface area contributed by atoms with E-state index in [2.05, 4.69) is 47.0 Å². The van der Waals surface area contributed by atoms with Crippen LogP contribution in [-0.2, 0) is 23.2 Å². The van der Waals surface area contributed by atoms with Gasteiger partial charge in [0, 0.05) is 13.1 Å². The summed E-state index contributed by atoms with van der Waals surface area (Å²) >= 11 is 0. The van der Waals surface area contributed by atoms with Crippen LogP contribution in [0.15, 0.2) is 72.8 Å². The molecule has 0 heterocycles. The number of nitrogens with zero attached hydrogens (tertiary/aromatic N) is 2. The smallest absolute Gasteiger partial charge is 0.261 e. The zero-order chi connectivity index (χ0) is 28.1. The number of fused-ring (bicyclic) bond motifs is 2. The Hall–Kier alpha value is -3.79. The third kappa shape index (κ3) is 9.47. The highest BCUT2D eigenvalue weighted by Crippen LogP contribution is 2.23. The third-order valence-corrected chi connectivity index (χ3v) is 6.36. The maximum Gasteiger partial charge on any atom is 0.261 e. The van der Waals surface area contributed by atoms with Crippen LogP contribution in [0.25, 0.3) is 21.5 Å². The van der Waals surface area contributed by atoms with Gasteiger partial charge < -0.3 is 10.6 Å². The van der Waals surface area contributed by atoms with E-state index >= 15 is 0 Å². The number of nitrogens with one attached hydrogen (secondary N) is 2. The van der Waals surface area contributed by atoms with Gasteiger partial charge in [-0.05, 0) is 70.7 Å². The van der Waals surface area contributed by atoms with Gasteiger partial charge in [0.25, 0.3) is 10.1 Å². The zero-order valence-electron chi connectivity index (χ0n) is 22.2. The lowest BCUT2D eigenvalue weighted by Crippen LogP contribution is -2.16. The van der Waals surface area contributed by atoms with E-state index in [1.54, 1.807) is 0 Å². The van der Waals surface area contributed by atoms with E-state index in [1.165, 1.54) is 24.0 Å². The molecule has 0 saturated carbocycles. The van der Waals surface area contributed by atoms with E-state index in [0.717, 1.165) is 71.7 Å². The minimum Gasteiger partial charge on any atom is -0.313 e. The molecule has 0 bridgehead atoms. The molecule has 8 heteroatoms. The molecule has 0 aliphatic carbocycles. The molecule has 0 saturated heterocycles. The maximum absolute atomic E-state index is 9.32. The molecule has 39 heavy (non-hydrogen) atoms. The highest BCUT2D eigenvalue weighted by atomic mass is 32.2. The molecule has 202 valence electrons. The van der Waals surface area contributed by atoms with Crippen molar-refractivity contribution in [3.63, 3.8) is 0 Å². The summed E-state index contributed by atoms with van der Waals surface area (Å²) < 4.78 is 25.9. The molecule has 4 rings (SSSR count). The Morgan fingerprint density at radius 1 is 0.641 bits per heavy atom. The van der Waals surface area contributed by atoms with Crippen LogP contribution in [0.5, 0.6) is 0 Å². The lowest BCUT2D eigenvalue weighted by atomic mass is 10.00. The highest BCUT2D eigenvalue weighted by Gasteiger charge is 2.06. The van der Waals surface area contributed by atoms with Gasteiger partial charge in [-0.15, -0.1) is 0 Å². The second-order valence-electron chi connectivity index (χ2n) is 9.36. The van der Waals surface area contributed by atoms with Crippen molar-refractivity contribution >= 4 is 31.7 Å². The standard InChI is InChI=1S/C30H30N4.CH4O3S/c31-19-23-13-15-25(29-11-5-3-9-27(23)29)21-33-17-7-1-2-8-18-34-22-26-16-14-24(20-32)28-10-4-6-12-30(26)28;1-5(2,3)4/h3-6,9-16,33-34H,1-2,7-8,17-18,21-22H2;1H3,(H,2,3,4). The normalized spacial score (nSPS) is 11.0. The molecule has 3 N–H and O–H groups in total. The van der Waals surface area contributed by atoms with Crippen LogP contribution < -0.4 is 10.6 Å². The first kappa shape index (κ1) is 29.8. The number of unbranched alkanes of at least 4 members (excludes halogenated alkanes) is 3. The van der Waals surface area contributed by atoms with E-state index in [1.807, 2.05) is 48.5 Å². The summed E-state index contributed by atoms with van der Waals surface area (Å²) in [6, 6.07) is 28.8. The van der Waals surface area contributed by atoms with E-state index in [0.29, 0.717) is 6.26 Å². The van der Waals surface area contributed by atoms with Crippen molar-refractivity contribution in [2.75, 3.05) is 19.3 Å². The predicted molar refractivity (Wildman–Crippen MR) is 157 cm³/mol. The first-order valence-corrected chi connectivity index (χ1v) is 14.8. The molecule has 0 spiro atoms. The number of nitriles is 2. The fraction of sp³-hybridized carbons (Fsp3) is 0.290. The second-order valence-corrected chi connectivity index (χ2v) is 10.8. The average molecular weight is 543 g/mol. The van der Waals surface area contributed by atoms with Crippen molar-refractivity contribution in [3.05, 3.63) is 95.1 Å². The van der Waals surface area contributed by atoms with Gasteiger partial charge in [-0.25, -0.2) is 0 Å². The van der Waals surface area contributed by atoms with Crippen LogP contribution in [0.4, 0.5) is 0 Å². The van der Waals surface area contributed by atoms with Crippen LogP contribution in [0.1, 0.15) is 47.9 Å². The van der Waals surface area contributed by atoms with E-state index in [9.17, 15) is 18.9 Å². The first-order valence-electron chi connectivity index (χ1n) is 13.0. The number of hydrogen-bond acceptors (Lipinski definition) is 6. The van der Waals surface area contributed by atoms with Gasteiger partial charge in [-0.3, -0.25) is 4.55 Å². The lowest BCUT2D eigenvalue weighted by Gasteiger charge is -2.10. The monoisotopic (exact) mass is 542 g/mol. The summed E-state index contributed by atoms with van der Waals surface area (Å²) in [5.74, 6) is 0. The number of rotatable bonds is 11. The summed E-state index contributed by atoms with van der Waals surface area (Å²) in [6.07, 6.45) is 5.46. The molecular formula is C31H34N4O3S.